The van der Waals surface area contributed by atoms with E-state index in [1.54, 1.807) is 23.2 Å². The van der Waals surface area contributed by atoms with E-state index < -0.39 is 6.55 Å². The van der Waals surface area contributed by atoms with Crippen molar-refractivity contribution >= 4 is 17.2 Å². The maximum Gasteiger partial charge on any atom is 0.316 e. The van der Waals surface area contributed by atoms with Gasteiger partial charge in [0, 0.05) is 11.9 Å². The lowest BCUT2D eigenvalue weighted by Crippen LogP contribution is -2.32. The molecule has 0 aliphatic carbocycles. The van der Waals surface area contributed by atoms with Crippen molar-refractivity contribution in [3.63, 3.8) is 0 Å². The second-order valence-electron chi connectivity index (χ2n) is 5.93. The van der Waals surface area contributed by atoms with Gasteiger partial charge < -0.3 is 9.64 Å². The van der Waals surface area contributed by atoms with Gasteiger partial charge in [-0.25, -0.2) is 4.98 Å². The minimum Gasteiger partial charge on any atom is -0.489 e. The molecule has 0 spiro atoms. The third-order valence-corrected chi connectivity index (χ3v) is 4.26. The average molecular weight is 353 g/mol. The van der Waals surface area contributed by atoms with Crippen LogP contribution in [-0.4, -0.2) is 18.2 Å². The SMILES string of the molecule is FC(F)N1CN(c2ccc(OCc3ccccc3)cc2)c2ncccc21. The summed E-state index contributed by atoms with van der Waals surface area (Å²) in [5, 5.41) is 0. The van der Waals surface area contributed by atoms with Crippen LogP contribution < -0.4 is 14.5 Å². The first-order chi connectivity index (χ1) is 12.7. The van der Waals surface area contributed by atoms with Crippen molar-refractivity contribution in [2.75, 3.05) is 16.5 Å². The van der Waals surface area contributed by atoms with Gasteiger partial charge in [0.2, 0.25) is 0 Å². The standard InChI is InChI=1S/C20H17F2N3O/c21-20(22)25-14-24(19-18(25)7-4-12-23-19)16-8-10-17(11-9-16)26-13-15-5-2-1-3-6-15/h1-12,20H,13-14H2. The quantitative estimate of drug-likeness (QED) is 0.616. The zero-order valence-electron chi connectivity index (χ0n) is 13.9. The minimum atomic E-state index is -2.57. The lowest BCUT2D eigenvalue weighted by atomic mass is 10.2. The molecule has 3 aromatic rings. The maximum absolute atomic E-state index is 13.3. The first-order valence-electron chi connectivity index (χ1n) is 8.26. The minimum absolute atomic E-state index is 0.0637. The van der Waals surface area contributed by atoms with Gasteiger partial charge in [-0.05, 0) is 42.0 Å². The predicted molar refractivity (Wildman–Crippen MR) is 96.9 cm³/mol. The Morgan fingerprint density at radius 3 is 2.46 bits per heavy atom. The molecule has 0 atom stereocenters. The predicted octanol–water partition coefficient (Wildman–Crippen LogP) is 4.80. The molecule has 0 bridgehead atoms. The average Bonchev–Trinajstić information content (AvgIpc) is 3.08. The second kappa shape index (κ2) is 7.00. The molecule has 1 aliphatic rings. The van der Waals surface area contributed by atoms with Crippen molar-refractivity contribution in [2.45, 2.75) is 13.2 Å². The Kier molecular flexibility index (Phi) is 4.39. The zero-order valence-corrected chi connectivity index (χ0v) is 13.9. The molecule has 0 saturated carbocycles. The Morgan fingerprint density at radius 1 is 0.962 bits per heavy atom. The van der Waals surface area contributed by atoms with Gasteiger partial charge in [0.1, 0.15) is 19.0 Å². The molecule has 2 heterocycles. The molecular formula is C20H17F2N3O. The number of aromatic nitrogens is 1. The van der Waals surface area contributed by atoms with Crippen LogP contribution in [-0.2, 0) is 6.61 Å². The van der Waals surface area contributed by atoms with Crippen molar-refractivity contribution in [2.24, 2.45) is 0 Å². The molecule has 132 valence electrons. The highest BCUT2D eigenvalue weighted by molar-refractivity contribution is 5.79. The van der Waals surface area contributed by atoms with Gasteiger partial charge >= 0.3 is 6.55 Å². The molecule has 1 aliphatic heterocycles. The third kappa shape index (κ3) is 3.18. The van der Waals surface area contributed by atoms with Crippen molar-refractivity contribution in [3.05, 3.63) is 78.5 Å². The molecule has 4 nitrogen and oxygen atoms in total. The fourth-order valence-electron chi connectivity index (χ4n) is 2.95. The Morgan fingerprint density at radius 2 is 1.73 bits per heavy atom. The van der Waals surface area contributed by atoms with Crippen LogP contribution in [0.5, 0.6) is 5.75 Å². The van der Waals surface area contributed by atoms with Gasteiger partial charge in [0.05, 0.1) is 5.69 Å². The summed E-state index contributed by atoms with van der Waals surface area (Å²) in [6, 6.07) is 20.6. The summed E-state index contributed by atoms with van der Waals surface area (Å²) in [5.74, 6) is 1.26. The van der Waals surface area contributed by atoms with Gasteiger partial charge in [-0.2, -0.15) is 8.78 Å². The fourth-order valence-corrected chi connectivity index (χ4v) is 2.95. The molecule has 0 amide bonds. The number of pyridine rings is 1. The Bertz CT molecular complexity index is 872. The van der Waals surface area contributed by atoms with Gasteiger partial charge in [0.25, 0.3) is 0 Å². The number of hydrogen-bond acceptors (Lipinski definition) is 4. The number of rotatable bonds is 5. The van der Waals surface area contributed by atoms with E-state index in [9.17, 15) is 8.78 Å². The van der Waals surface area contributed by atoms with Crippen LogP contribution in [0.1, 0.15) is 5.56 Å². The van der Waals surface area contributed by atoms with Crippen LogP contribution in [0, 0.1) is 0 Å². The Hall–Kier alpha value is -3.15. The monoisotopic (exact) mass is 353 g/mol. The molecule has 6 heteroatoms. The van der Waals surface area contributed by atoms with E-state index in [-0.39, 0.29) is 6.67 Å². The van der Waals surface area contributed by atoms with E-state index in [0.717, 1.165) is 21.9 Å². The number of anilines is 3. The number of benzene rings is 2. The highest BCUT2D eigenvalue weighted by Gasteiger charge is 2.32. The summed E-state index contributed by atoms with van der Waals surface area (Å²) in [5.41, 5.74) is 2.31. The van der Waals surface area contributed by atoms with E-state index in [0.29, 0.717) is 18.1 Å². The zero-order chi connectivity index (χ0) is 17.9. The topological polar surface area (TPSA) is 28.6 Å². The molecule has 4 rings (SSSR count). The number of ether oxygens (including phenoxy) is 1. The van der Waals surface area contributed by atoms with E-state index in [1.807, 2.05) is 54.6 Å². The number of alkyl halides is 2. The summed E-state index contributed by atoms with van der Waals surface area (Å²) in [6.45, 7) is -2.03. The van der Waals surface area contributed by atoms with Crippen molar-refractivity contribution < 1.29 is 13.5 Å². The number of halogens is 2. The van der Waals surface area contributed by atoms with Crippen LogP contribution in [0.3, 0.4) is 0 Å². The lowest BCUT2D eigenvalue weighted by Gasteiger charge is -2.20. The highest BCUT2D eigenvalue weighted by atomic mass is 19.3. The number of fused-ring (bicyclic) bond motifs is 1. The summed E-state index contributed by atoms with van der Waals surface area (Å²) in [4.78, 5) is 7.06. The molecule has 0 N–H and O–H groups in total. The molecule has 1 aromatic heterocycles. The van der Waals surface area contributed by atoms with Gasteiger partial charge in [0.15, 0.2) is 5.82 Å². The van der Waals surface area contributed by atoms with E-state index >= 15 is 0 Å². The van der Waals surface area contributed by atoms with E-state index in [2.05, 4.69) is 4.98 Å². The molecule has 0 unspecified atom stereocenters. The summed E-state index contributed by atoms with van der Waals surface area (Å²) < 4.78 is 32.3. The van der Waals surface area contributed by atoms with Crippen LogP contribution in [0.25, 0.3) is 0 Å². The first-order valence-corrected chi connectivity index (χ1v) is 8.26. The molecule has 0 saturated heterocycles. The first kappa shape index (κ1) is 16.3. The third-order valence-electron chi connectivity index (χ3n) is 4.26. The fraction of sp³-hybridized carbons (Fsp3) is 0.150. The van der Waals surface area contributed by atoms with E-state index in [1.165, 1.54) is 0 Å². The highest BCUT2D eigenvalue weighted by Crippen LogP contribution is 2.40. The smallest absolute Gasteiger partial charge is 0.316 e. The molecular weight excluding hydrogens is 336 g/mol. The van der Waals surface area contributed by atoms with Crippen molar-refractivity contribution in [1.82, 2.24) is 4.98 Å². The largest absolute Gasteiger partial charge is 0.489 e. The van der Waals surface area contributed by atoms with Crippen molar-refractivity contribution in [3.8, 4) is 5.75 Å². The van der Waals surface area contributed by atoms with Crippen LogP contribution in [0.2, 0.25) is 0 Å². The van der Waals surface area contributed by atoms with Gasteiger partial charge in [-0.3, -0.25) is 4.90 Å². The summed E-state index contributed by atoms with van der Waals surface area (Å²) in [6.07, 6.45) is 1.61. The van der Waals surface area contributed by atoms with Crippen LogP contribution >= 0.6 is 0 Å². The summed E-state index contributed by atoms with van der Waals surface area (Å²) >= 11 is 0. The number of nitrogens with zero attached hydrogens (tertiary/aromatic N) is 3. The second-order valence-corrected chi connectivity index (χ2v) is 5.93. The maximum atomic E-state index is 13.3. The molecule has 0 fully saturated rings. The van der Waals surface area contributed by atoms with Gasteiger partial charge in [-0.1, -0.05) is 30.3 Å². The number of hydrogen-bond donors (Lipinski definition) is 0. The lowest BCUT2D eigenvalue weighted by molar-refractivity contribution is 0.145. The normalized spacial score (nSPS) is 13.2. The molecule has 26 heavy (non-hydrogen) atoms. The molecule has 2 aromatic carbocycles. The molecule has 0 radical (unpaired) electrons. The Balaban J connectivity index is 1.50. The van der Waals surface area contributed by atoms with Crippen LogP contribution in [0.15, 0.2) is 72.9 Å². The van der Waals surface area contributed by atoms with Crippen LogP contribution in [0.4, 0.5) is 26.0 Å². The van der Waals surface area contributed by atoms with E-state index in [4.69, 9.17) is 4.74 Å². The Labute approximate surface area is 150 Å². The summed E-state index contributed by atoms with van der Waals surface area (Å²) in [7, 11) is 0. The van der Waals surface area contributed by atoms with Crippen molar-refractivity contribution in [1.29, 1.82) is 0 Å². The van der Waals surface area contributed by atoms with Gasteiger partial charge in [-0.15, -0.1) is 0 Å².